The summed E-state index contributed by atoms with van der Waals surface area (Å²) in [6.45, 7) is 1.79. The minimum atomic E-state index is 0.895. The van der Waals surface area contributed by atoms with Gasteiger partial charge in [0, 0.05) is 13.1 Å². The van der Waals surface area contributed by atoms with Crippen molar-refractivity contribution in [2.24, 2.45) is 10.5 Å². The average molecular weight is 114 g/mol. The highest BCUT2D eigenvalue weighted by molar-refractivity contribution is 4.59. The molecular formula is C4H8N3O-. The zero-order valence-electron chi connectivity index (χ0n) is 4.58. The molecule has 0 amide bonds. The van der Waals surface area contributed by atoms with E-state index < -0.39 is 0 Å². The first-order valence-electron chi connectivity index (χ1n) is 2.72. The van der Waals surface area contributed by atoms with Crippen LogP contribution in [0.25, 0.3) is 0 Å². The van der Waals surface area contributed by atoms with E-state index >= 15 is 0 Å². The number of hydrogen-bond acceptors (Lipinski definition) is 3. The Kier molecular flexibility index (Phi) is 1.66. The molecule has 8 heavy (non-hydrogen) atoms. The van der Waals surface area contributed by atoms with Crippen LogP contribution in [0.4, 0.5) is 0 Å². The Balaban J connectivity index is 2.24. The predicted molar refractivity (Wildman–Crippen MR) is 29.0 cm³/mol. The van der Waals surface area contributed by atoms with Gasteiger partial charge in [-0.25, -0.2) is 0 Å². The Labute approximate surface area is 47.8 Å². The fourth-order valence-corrected chi connectivity index (χ4v) is 0.842. The topological polar surface area (TPSA) is 51.0 Å². The van der Waals surface area contributed by atoms with Crippen LogP contribution in [-0.4, -0.2) is 18.1 Å². The SMILES string of the molecule is [O-]/N=N/N1CCCC1. The molecule has 46 valence electrons. The zero-order valence-corrected chi connectivity index (χ0v) is 4.58. The van der Waals surface area contributed by atoms with Gasteiger partial charge in [-0.2, -0.15) is 5.28 Å². The quantitative estimate of drug-likeness (QED) is 0.376. The maximum absolute atomic E-state index is 9.50. The Morgan fingerprint density at radius 1 is 1.25 bits per heavy atom. The maximum atomic E-state index is 9.50. The van der Waals surface area contributed by atoms with Crippen LogP contribution in [0, 0.1) is 5.21 Å². The standard InChI is InChI=1S/C4H9N3O/c8-6-5-7-3-1-2-4-7/h1-4H2,(H,5,8)/p-1. The van der Waals surface area contributed by atoms with Gasteiger partial charge in [0.2, 0.25) is 0 Å². The first-order chi connectivity index (χ1) is 3.93. The van der Waals surface area contributed by atoms with Crippen molar-refractivity contribution in [3.8, 4) is 0 Å². The van der Waals surface area contributed by atoms with Gasteiger partial charge in [0.15, 0.2) is 0 Å². The van der Waals surface area contributed by atoms with Crippen molar-refractivity contribution in [2.45, 2.75) is 12.8 Å². The lowest BCUT2D eigenvalue weighted by Gasteiger charge is -2.06. The molecular weight excluding hydrogens is 106 g/mol. The second-order valence-corrected chi connectivity index (χ2v) is 1.83. The van der Waals surface area contributed by atoms with Crippen LogP contribution in [0.15, 0.2) is 10.5 Å². The van der Waals surface area contributed by atoms with Crippen LogP contribution in [-0.2, 0) is 0 Å². The zero-order chi connectivity index (χ0) is 5.82. The summed E-state index contributed by atoms with van der Waals surface area (Å²) < 4.78 is 0. The normalized spacial score (nSPS) is 20.8. The lowest BCUT2D eigenvalue weighted by Crippen LogP contribution is -2.09. The molecule has 0 spiro atoms. The summed E-state index contributed by atoms with van der Waals surface area (Å²) in [4.78, 5) is 0. The summed E-state index contributed by atoms with van der Waals surface area (Å²) in [7, 11) is 0. The van der Waals surface area contributed by atoms with E-state index in [4.69, 9.17) is 0 Å². The van der Waals surface area contributed by atoms with Crippen LogP contribution in [0.2, 0.25) is 0 Å². The molecule has 0 aromatic heterocycles. The van der Waals surface area contributed by atoms with Crippen LogP contribution < -0.4 is 0 Å². The van der Waals surface area contributed by atoms with Crippen molar-refractivity contribution in [1.82, 2.24) is 5.01 Å². The van der Waals surface area contributed by atoms with Crippen molar-refractivity contribution in [2.75, 3.05) is 13.1 Å². The molecule has 0 radical (unpaired) electrons. The van der Waals surface area contributed by atoms with Gasteiger partial charge in [0.05, 0.1) is 0 Å². The van der Waals surface area contributed by atoms with E-state index in [0.29, 0.717) is 0 Å². The summed E-state index contributed by atoms with van der Waals surface area (Å²) >= 11 is 0. The molecule has 0 aliphatic carbocycles. The molecule has 1 rings (SSSR count). The maximum Gasteiger partial charge on any atom is 0.0377 e. The van der Waals surface area contributed by atoms with E-state index in [1.54, 1.807) is 5.01 Å². The predicted octanol–water partition coefficient (Wildman–Crippen LogP) is 0.947. The molecule has 1 heterocycles. The Morgan fingerprint density at radius 2 is 1.88 bits per heavy atom. The number of hydrogen-bond donors (Lipinski definition) is 0. The van der Waals surface area contributed by atoms with E-state index in [1.165, 1.54) is 0 Å². The third-order valence-corrected chi connectivity index (χ3v) is 1.25. The highest BCUT2D eigenvalue weighted by atomic mass is 16.5. The average Bonchev–Trinajstić information content (AvgIpc) is 2.19. The lowest BCUT2D eigenvalue weighted by molar-refractivity contribution is 0.336. The molecule has 0 saturated carbocycles. The van der Waals surface area contributed by atoms with Gasteiger partial charge in [0.1, 0.15) is 0 Å². The first kappa shape index (κ1) is 5.34. The van der Waals surface area contributed by atoms with Crippen molar-refractivity contribution in [3.63, 3.8) is 0 Å². The fraction of sp³-hybridized carbons (Fsp3) is 1.00. The Hall–Kier alpha value is -0.800. The van der Waals surface area contributed by atoms with E-state index in [9.17, 15) is 5.21 Å². The van der Waals surface area contributed by atoms with Gasteiger partial charge in [0.25, 0.3) is 0 Å². The molecule has 0 aromatic carbocycles. The van der Waals surface area contributed by atoms with Crippen molar-refractivity contribution >= 4 is 0 Å². The van der Waals surface area contributed by atoms with Gasteiger partial charge in [-0.15, -0.1) is 0 Å². The summed E-state index contributed by atoms with van der Waals surface area (Å²) in [5.41, 5.74) is 0. The first-order valence-corrected chi connectivity index (χ1v) is 2.72. The monoisotopic (exact) mass is 114 g/mol. The van der Waals surface area contributed by atoms with Gasteiger partial charge >= 0.3 is 0 Å². The van der Waals surface area contributed by atoms with Gasteiger partial charge < -0.3 is 5.21 Å². The molecule has 4 heteroatoms. The summed E-state index contributed by atoms with van der Waals surface area (Å²) in [6, 6.07) is 0. The summed E-state index contributed by atoms with van der Waals surface area (Å²) in [5.74, 6) is 0. The molecule has 1 saturated heterocycles. The molecule has 1 aliphatic rings. The second kappa shape index (κ2) is 2.49. The van der Waals surface area contributed by atoms with Crippen molar-refractivity contribution in [1.29, 1.82) is 0 Å². The largest absolute Gasteiger partial charge is 0.774 e. The molecule has 1 aliphatic heterocycles. The van der Waals surface area contributed by atoms with E-state index in [0.717, 1.165) is 25.9 Å². The van der Waals surface area contributed by atoms with Gasteiger partial charge in [-0.3, -0.25) is 5.01 Å². The molecule has 4 nitrogen and oxygen atoms in total. The third kappa shape index (κ3) is 1.08. The van der Waals surface area contributed by atoms with Gasteiger partial charge in [-0.1, -0.05) is 5.22 Å². The number of nitrogens with zero attached hydrogens (tertiary/aromatic N) is 3. The molecule has 0 atom stereocenters. The Morgan fingerprint density at radius 3 is 2.38 bits per heavy atom. The fourth-order valence-electron chi connectivity index (χ4n) is 0.842. The second-order valence-electron chi connectivity index (χ2n) is 1.83. The van der Waals surface area contributed by atoms with E-state index in [1.807, 2.05) is 0 Å². The van der Waals surface area contributed by atoms with Gasteiger partial charge in [-0.05, 0) is 12.8 Å². The smallest absolute Gasteiger partial charge is 0.0377 e. The molecule has 1 fully saturated rings. The molecule has 0 bridgehead atoms. The van der Waals surface area contributed by atoms with Crippen LogP contribution >= 0.6 is 0 Å². The molecule has 0 aromatic rings. The van der Waals surface area contributed by atoms with Crippen LogP contribution in [0.1, 0.15) is 12.8 Å². The van der Waals surface area contributed by atoms with Crippen molar-refractivity contribution in [3.05, 3.63) is 5.21 Å². The molecule has 0 N–H and O–H groups in total. The highest BCUT2D eigenvalue weighted by Crippen LogP contribution is 2.06. The highest BCUT2D eigenvalue weighted by Gasteiger charge is 2.06. The summed E-state index contributed by atoms with van der Waals surface area (Å²) in [5, 5.41) is 16.9. The lowest BCUT2D eigenvalue weighted by atomic mass is 10.4. The number of rotatable bonds is 1. The third-order valence-electron chi connectivity index (χ3n) is 1.25. The van der Waals surface area contributed by atoms with E-state index in [-0.39, 0.29) is 0 Å². The van der Waals surface area contributed by atoms with Crippen LogP contribution in [0.5, 0.6) is 0 Å². The summed E-state index contributed by atoms with van der Waals surface area (Å²) in [6.07, 6.45) is 2.28. The van der Waals surface area contributed by atoms with Crippen molar-refractivity contribution < 1.29 is 0 Å². The Bertz CT molecular complexity index is 87.3. The minimum absolute atomic E-state index is 0.895. The molecule has 0 unspecified atom stereocenters. The minimum Gasteiger partial charge on any atom is -0.774 e. The van der Waals surface area contributed by atoms with Crippen LogP contribution in [0.3, 0.4) is 0 Å². The van der Waals surface area contributed by atoms with E-state index in [2.05, 4.69) is 10.5 Å².